The van der Waals surface area contributed by atoms with Crippen molar-refractivity contribution in [1.29, 1.82) is 0 Å². The van der Waals surface area contributed by atoms with Crippen LogP contribution >= 0.6 is 0 Å². The van der Waals surface area contributed by atoms with Gasteiger partial charge in [-0.25, -0.2) is 9.37 Å². The van der Waals surface area contributed by atoms with Gasteiger partial charge in [0.15, 0.2) is 0 Å². The van der Waals surface area contributed by atoms with Crippen molar-refractivity contribution in [2.24, 2.45) is 0 Å². The van der Waals surface area contributed by atoms with Crippen LogP contribution in [0.25, 0.3) is 0 Å². The van der Waals surface area contributed by atoms with Gasteiger partial charge in [0.2, 0.25) is 5.91 Å². The van der Waals surface area contributed by atoms with Crippen LogP contribution < -0.4 is 4.90 Å². The van der Waals surface area contributed by atoms with Crippen LogP contribution in [0, 0.1) is 5.82 Å². The Labute approximate surface area is 154 Å². The summed E-state index contributed by atoms with van der Waals surface area (Å²) in [5, 5.41) is 0. The molecule has 1 fully saturated rings. The molecule has 0 radical (unpaired) electrons. The van der Waals surface area contributed by atoms with Crippen LogP contribution in [0.15, 0.2) is 48.7 Å². The number of benzene rings is 1. The molecule has 0 aliphatic carbocycles. The van der Waals surface area contributed by atoms with Crippen molar-refractivity contribution in [1.82, 2.24) is 14.8 Å². The predicted octanol–water partition coefficient (Wildman–Crippen LogP) is 2.39. The molecule has 1 aromatic heterocycles. The molecule has 138 valence electrons. The van der Waals surface area contributed by atoms with Gasteiger partial charge in [0.1, 0.15) is 11.6 Å². The van der Waals surface area contributed by atoms with Crippen molar-refractivity contribution >= 4 is 11.7 Å². The number of carbonyl (C=O) groups excluding carboxylic acids is 1. The lowest BCUT2D eigenvalue weighted by atomic mass is 10.2. The first-order valence-corrected chi connectivity index (χ1v) is 8.99. The highest BCUT2D eigenvalue weighted by Crippen LogP contribution is 2.13. The van der Waals surface area contributed by atoms with Crippen LogP contribution in [0.4, 0.5) is 10.2 Å². The molecule has 2 heterocycles. The fourth-order valence-corrected chi connectivity index (χ4v) is 3.17. The van der Waals surface area contributed by atoms with Gasteiger partial charge < -0.3 is 14.7 Å². The normalized spacial score (nSPS) is 14.7. The molecule has 1 saturated heterocycles. The first-order chi connectivity index (χ1) is 12.6. The van der Waals surface area contributed by atoms with E-state index >= 15 is 0 Å². The van der Waals surface area contributed by atoms with E-state index < -0.39 is 0 Å². The van der Waals surface area contributed by atoms with Crippen LogP contribution in [0.5, 0.6) is 0 Å². The van der Waals surface area contributed by atoms with Crippen LogP contribution in [0.3, 0.4) is 0 Å². The van der Waals surface area contributed by atoms with E-state index in [1.807, 2.05) is 41.1 Å². The van der Waals surface area contributed by atoms with E-state index in [1.54, 1.807) is 18.3 Å². The number of rotatable bonds is 6. The smallest absolute Gasteiger partial charge is 0.223 e. The van der Waals surface area contributed by atoms with Crippen LogP contribution in [-0.2, 0) is 11.3 Å². The average Bonchev–Trinajstić information content (AvgIpc) is 2.69. The van der Waals surface area contributed by atoms with Crippen molar-refractivity contribution in [3.8, 4) is 0 Å². The Morgan fingerprint density at radius 1 is 1.12 bits per heavy atom. The highest BCUT2D eigenvalue weighted by atomic mass is 19.1. The van der Waals surface area contributed by atoms with Gasteiger partial charge in [-0.2, -0.15) is 0 Å². The van der Waals surface area contributed by atoms with Crippen molar-refractivity contribution in [2.75, 3.05) is 44.7 Å². The lowest BCUT2D eigenvalue weighted by Crippen LogP contribution is -2.49. The number of carbonyl (C=O) groups is 1. The Morgan fingerprint density at radius 2 is 1.85 bits per heavy atom. The molecule has 0 atom stereocenters. The molecule has 1 aliphatic rings. The van der Waals surface area contributed by atoms with Crippen molar-refractivity contribution in [3.63, 3.8) is 0 Å². The summed E-state index contributed by atoms with van der Waals surface area (Å²) in [4.78, 5) is 22.9. The van der Waals surface area contributed by atoms with E-state index in [1.165, 1.54) is 6.07 Å². The lowest BCUT2D eigenvalue weighted by molar-refractivity contribution is -0.131. The molecule has 0 saturated carbocycles. The Balaban J connectivity index is 1.42. The maximum atomic E-state index is 13.7. The maximum Gasteiger partial charge on any atom is 0.223 e. The zero-order chi connectivity index (χ0) is 18.4. The molecule has 0 bridgehead atoms. The fourth-order valence-electron chi connectivity index (χ4n) is 3.17. The number of hydrogen-bond donors (Lipinski definition) is 0. The third-order valence-corrected chi connectivity index (χ3v) is 4.71. The number of anilines is 1. The van der Waals surface area contributed by atoms with Gasteiger partial charge in [-0.3, -0.25) is 4.79 Å². The summed E-state index contributed by atoms with van der Waals surface area (Å²) >= 11 is 0. The largest absolute Gasteiger partial charge is 0.353 e. The minimum Gasteiger partial charge on any atom is -0.353 e. The van der Waals surface area contributed by atoms with Crippen LogP contribution in [-0.4, -0.2) is 60.5 Å². The zero-order valence-corrected chi connectivity index (χ0v) is 15.1. The second-order valence-electron chi connectivity index (χ2n) is 6.63. The topological polar surface area (TPSA) is 39.7 Å². The van der Waals surface area contributed by atoms with E-state index in [0.717, 1.165) is 18.9 Å². The number of amides is 1. The van der Waals surface area contributed by atoms with Crippen LogP contribution in [0.1, 0.15) is 12.0 Å². The van der Waals surface area contributed by atoms with E-state index in [-0.39, 0.29) is 11.7 Å². The summed E-state index contributed by atoms with van der Waals surface area (Å²) in [7, 11) is 1.92. The highest BCUT2D eigenvalue weighted by Gasteiger charge is 2.21. The number of piperazine rings is 1. The predicted molar refractivity (Wildman–Crippen MR) is 100 cm³/mol. The van der Waals surface area contributed by atoms with Crippen LogP contribution in [0.2, 0.25) is 0 Å². The molecule has 0 unspecified atom stereocenters. The van der Waals surface area contributed by atoms with Crippen molar-refractivity contribution in [2.45, 2.75) is 13.0 Å². The van der Waals surface area contributed by atoms with Gasteiger partial charge in [-0.15, -0.1) is 0 Å². The molecule has 6 heteroatoms. The minimum atomic E-state index is -0.198. The summed E-state index contributed by atoms with van der Waals surface area (Å²) in [6.45, 7) is 4.15. The molecule has 2 aromatic rings. The summed E-state index contributed by atoms with van der Waals surface area (Å²) in [5.41, 5.74) is 0.659. The summed E-state index contributed by atoms with van der Waals surface area (Å²) in [6.07, 6.45) is 2.24. The molecule has 3 rings (SSSR count). The summed E-state index contributed by atoms with van der Waals surface area (Å²) in [6, 6.07) is 12.6. The second-order valence-corrected chi connectivity index (χ2v) is 6.63. The molecule has 5 nitrogen and oxygen atoms in total. The molecular weight excluding hydrogens is 331 g/mol. The Bertz CT molecular complexity index is 717. The zero-order valence-electron chi connectivity index (χ0n) is 15.1. The number of aromatic nitrogens is 1. The molecule has 1 amide bonds. The van der Waals surface area contributed by atoms with E-state index in [4.69, 9.17) is 0 Å². The third-order valence-electron chi connectivity index (χ3n) is 4.71. The van der Waals surface area contributed by atoms with Gasteiger partial charge in [0.05, 0.1) is 0 Å². The molecular formula is C20H25FN4O. The highest BCUT2D eigenvalue weighted by molar-refractivity contribution is 5.76. The number of hydrogen-bond acceptors (Lipinski definition) is 4. The van der Waals surface area contributed by atoms with Gasteiger partial charge in [-0.05, 0) is 25.2 Å². The first kappa shape index (κ1) is 18.3. The maximum absolute atomic E-state index is 13.7. The Kier molecular flexibility index (Phi) is 6.17. The lowest BCUT2D eigenvalue weighted by Gasteiger charge is -2.35. The Hall–Kier alpha value is -2.47. The minimum absolute atomic E-state index is 0.158. The van der Waals surface area contributed by atoms with E-state index in [9.17, 15) is 9.18 Å². The van der Waals surface area contributed by atoms with Gasteiger partial charge in [0, 0.05) is 57.4 Å². The Morgan fingerprint density at radius 3 is 2.54 bits per heavy atom. The van der Waals surface area contributed by atoms with Crippen molar-refractivity contribution in [3.05, 3.63) is 60.0 Å². The molecule has 0 spiro atoms. The molecule has 26 heavy (non-hydrogen) atoms. The van der Waals surface area contributed by atoms with E-state index in [2.05, 4.69) is 9.88 Å². The number of halogens is 1. The molecule has 1 aromatic carbocycles. The summed E-state index contributed by atoms with van der Waals surface area (Å²) < 4.78 is 13.7. The van der Waals surface area contributed by atoms with Gasteiger partial charge >= 0.3 is 0 Å². The van der Waals surface area contributed by atoms with Gasteiger partial charge in [-0.1, -0.05) is 24.3 Å². The number of pyridine rings is 1. The quantitative estimate of drug-likeness (QED) is 0.797. The van der Waals surface area contributed by atoms with Gasteiger partial charge in [0.25, 0.3) is 0 Å². The summed E-state index contributed by atoms with van der Waals surface area (Å²) in [5.74, 6) is 0.923. The third kappa shape index (κ3) is 4.79. The fraction of sp³-hybridized carbons (Fsp3) is 0.400. The SMILES string of the molecule is CN(CCC(=O)N1CCN(c2ccccn2)CC1)Cc1ccccc1F. The first-order valence-electron chi connectivity index (χ1n) is 8.99. The molecule has 0 N–H and O–H groups in total. The average molecular weight is 356 g/mol. The second kappa shape index (κ2) is 8.76. The van der Waals surface area contributed by atoms with Crippen molar-refractivity contribution < 1.29 is 9.18 Å². The standard InChI is InChI=1S/C20H25FN4O/c1-23(16-17-6-2-3-7-18(17)21)11-9-20(26)25-14-12-24(13-15-25)19-8-4-5-10-22-19/h2-8,10H,9,11-16H2,1H3. The molecule has 1 aliphatic heterocycles. The van der Waals surface area contributed by atoms with E-state index in [0.29, 0.717) is 38.2 Å². The number of nitrogens with zero attached hydrogens (tertiary/aromatic N) is 4. The monoisotopic (exact) mass is 356 g/mol.